The minimum Gasteiger partial charge on any atom is -0.376 e. The summed E-state index contributed by atoms with van der Waals surface area (Å²) in [5.41, 5.74) is 0.783. The molecule has 0 amide bonds. The molecule has 0 spiro atoms. The summed E-state index contributed by atoms with van der Waals surface area (Å²) in [6.45, 7) is 4.08. The van der Waals surface area contributed by atoms with Gasteiger partial charge in [-0.2, -0.15) is 21.6 Å². The Morgan fingerprint density at radius 3 is 2.14 bits per heavy atom. The lowest BCUT2D eigenvalue weighted by atomic mass is 9.84. The summed E-state index contributed by atoms with van der Waals surface area (Å²) in [6, 6.07) is 21.1. The van der Waals surface area contributed by atoms with Crippen LogP contribution in [0.25, 0.3) is 0 Å². The molecule has 2 atom stereocenters. The molecule has 3 aromatic rings. The fourth-order valence-corrected chi connectivity index (χ4v) is 5.35. The van der Waals surface area contributed by atoms with E-state index in [-0.39, 0.29) is 17.8 Å². The van der Waals surface area contributed by atoms with Crippen LogP contribution in [0, 0.1) is 6.92 Å². The van der Waals surface area contributed by atoms with Gasteiger partial charge in [0.15, 0.2) is 0 Å². The summed E-state index contributed by atoms with van der Waals surface area (Å²) >= 11 is 0. The highest BCUT2D eigenvalue weighted by molar-refractivity contribution is 7.88. The molecule has 0 saturated heterocycles. The molecular weight excluding hydrogens is 475 g/mol. The van der Waals surface area contributed by atoms with E-state index in [9.17, 15) is 21.6 Å². The largest absolute Gasteiger partial charge is 0.534 e. The van der Waals surface area contributed by atoms with Gasteiger partial charge in [0.05, 0.1) is 6.04 Å². The van der Waals surface area contributed by atoms with Crippen molar-refractivity contribution in [1.82, 2.24) is 0 Å². The Balaban J connectivity index is 1.56. The Labute approximate surface area is 203 Å². The van der Waals surface area contributed by atoms with Gasteiger partial charge in [0.2, 0.25) is 0 Å². The molecule has 35 heavy (non-hydrogen) atoms. The summed E-state index contributed by atoms with van der Waals surface area (Å²) in [6.07, 6.45) is 2.99. The molecule has 1 aliphatic heterocycles. The number of nitrogens with zero attached hydrogens (tertiary/aromatic N) is 1. The minimum atomic E-state index is -5.73. The first-order chi connectivity index (χ1) is 16.5. The van der Waals surface area contributed by atoms with Crippen molar-refractivity contribution in [2.75, 3.05) is 4.90 Å². The minimum absolute atomic E-state index is 0.00931. The predicted molar refractivity (Wildman–Crippen MR) is 129 cm³/mol. The lowest BCUT2D eigenvalue weighted by Gasteiger charge is -2.44. The normalized spacial score (nSPS) is 20.4. The van der Waals surface area contributed by atoms with Crippen LogP contribution in [0.15, 0.2) is 66.7 Å². The molecular formula is C27H26F3NO3S. The number of hydrogen-bond acceptors (Lipinski definition) is 4. The lowest BCUT2D eigenvalue weighted by molar-refractivity contribution is -0.0500. The molecule has 1 unspecified atom stereocenters. The SMILES string of the molecule is Cc1ccc(C2c3ccc(OS(=O)(=O)C(F)(F)F)cc3C[C@@H](C)N2c2ccc(C3CC3)cc2)cc1. The fourth-order valence-electron chi connectivity index (χ4n) is 4.90. The van der Waals surface area contributed by atoms with Crippen LogP contribution in [-0.4, -0.2) is 20.0 Å². The van der Waals surface area contributed by atoms with E-state index in [0.29, 0.717) is 12.3 Å². The van der Waals surface area contributed by atoms with Crippen molar-refractivity contribution >= 4 is 15.8 Å². The average molecular weight is 502 g/mol. The fraction of sp³-hybridized carbons (Fsp3) is 0.333. The Hall–Kier alpha value is -3.00. The summed E-state index contributed by atoms with van der Waals surface area (Å²) in [4.78, 5) is 2.33. The first-order valence-corrected chi connectivity index (χ1v) is 13.0. The van der Waals surface area contributed by atoms with Crippen molar-refractivity contribution in [3.63, 3.8) is 0 Å². The second kappa shape index (κ2) is 8.59. The van der Waals surface area contributed by atoms with Gasteiger partial charge in [-0.15, -0.1) is 0 Å². The molecule has 1 fully saturated rings. The van der Waals surface area contributed by atoms with Gasteiger partial charge in [0.1, 0.15) is 5.75 Å². The van der Waals surface area contributed by atoms with Crippen molar-refractivity contribution < 1.29 is 25.8 Å². The Kier molecular flexibility index (Phi) is 5.82. The number of halogens is 3. The molecule has 1 saturated carbocycles. The lowest BCUT2D eigenvalue weighted by Crippen LogP contribution is -2.43. The van der Waals surface area contributed by atoms with Crippen LogP contribution < -0.4 is 9.08 Å². The maximum atomic E-state index is 12.8. The molecule has 5 rings (SSSR count). The van der Waals surface area contributed by atoms with Crippen molar-refractivity contribution in [2.24, 2.45) is 0 Å². The average Bonchev–Trinajstić information content (AvgIpc) is 3.63. The van der Waals surface area contributed by atoms with Crippen molar-refractivity contribution in [2.45, 2.75) is 56.6 Å². The van der Waals surface area contributed by atoms with Crippen LogP contribution in [0.1, 0.15) is 59.5 Å². The standard InChI is InChI=1S/C27H26F3NO3S/c1-17-3-5-21(6-4-17)26-25-14-13-24(34-35(32,33)27(28,29)30)16-22(25)15-18(2)31(26)23-11-9-20(10-12-23)19-7-8-19/h3-6,9-14,16,18-19,26H,7-8,15H2,1-2H3/t18-,26?/m1/s1. The molecule has 3 aromatic carbocycles. The zero-order chi connectivity index (χ0) is 25.0. The Bertz CT molecular complexity index is 1330. The number of fused-ring (bicyclic) bond motifs is 1. The third-order valence-electron chi connectivity index (χ3n) is 6.80. The maximum Gasteiger partial charge on any atom is 0.534 e. The van der Waals surface area contributed by atoms with E-state index in [2.05, 4.69) is 52.4 Å². The smallest absolute Gasteiger partial charge is 0.376 e. The molecule has 1 heterocycles. The van der Waals surface area contributed by atoms with E-state index in [4.69, 9.17) is 0 Å². The molecule has 8 heteroatoms. The van der Waals surface area contributed by atoms with E-state index in [1.54, 1.807) is 6.07 Å². The monoisotopic (exact) mass is 501 g/mol. The molecule has 0 bridgehead atoms. The maximum absolute atomic E-state index is 12.8. The zero-order valence-corrected chi connectivity index (χ0v) is 20.2. The van der Waals surface area contributed by atoms with Gasteiger partial charge in [-0.05, 0) is 85.5 Å². The van der Waals surface area contributed by atoms with Crippen molar-refractivity contribution in [3.8, 4) is 5.75 Å². The van der Waals surface area contributed by atoms with E-state index in [0.717, 1.165) is 27.9 Å². The summed E-state index contributed by atoms with van der Waals surface area (Å²) < 4.78 is 66.0. The van der Waals surface area contributed by atoms with Crippen LogP contribution in [0.5, 0.6) is 5.75 Å². The molecule has 2 aliphatic rings. The first kappa shape index (κ1) is 23.7. The van der Waals surface area contributed by atoms with Crippen LogP contribution in [0.4, 0.5) is 18.9 Å². The molecule has 0 aromatic heterocycles. The van der Waals surface area contributed by atoms with Gasteiger partial charge < -0.3 is 9.08 Å². The summed E-state index contributed by atoms with van der Waals surface area (Å²) in [5, 5.41) is 0. The highest BCUT2D eigenvalue weighted by atomic mass is 32.2. The molecule has 1 aliphatic carbocycles. The van der Waals surface area contributed by atoms with Gasteiger partial charge in [-0.25, -0.2) is 0 Å². The van der Waals surface area contributed by atoms with Crippen molar-refractivity contribution in [1.29, 1.82) is 0 Å². The number of aryl methyl sites for hydroxylation is 1. The van der Waals surface area contributed by atoms with E-state index < -0.39 is 15.6 Å². The van der Waals surface area contributed by atoms with Gasteiger partial charge in [0, 0.05) is 11.7 Å². The van der Waals surface area contributed by atoms with E-state index >= 15 is 0 Å². The summed E-state index contributed by atoms with van der Waals surface area (Å²) in [7, 11) is -5.73. The molecule has 0 N–H and O–H groups in total. The topological polar surface area (TPSA) is 46.6 Å². The van der Waals surface area contributed by atoms with Crippen LogP contribution in [0.3, 0.4) is 0 Å². The van der Waals surface area contributed by atoms with Crippen LogP contribution >= 0.6 is 0 Å². The van der Waals surface area contributed by atoms with Crippen LogP contribution in [0.2, 0.25) is 0 Å². The number of alkyl halides is 3. The molecule has 4 nitrogen and oxygen atoms in total. The third-order valence-corrected chi connectivity index (χ3v) is 7.78. The highest BCUT2D eigenvalue weighted by Gasteiger charge is 2.48. The third kappa shape index (κ3) is 4.63. The van der Waals surface area contributed by atoms with E-state index in [1.807, 2.05) is 19.1 Å². The zero-order valence-electron chi connectivity index (χ0n) is 19.4. The van der Waals surface area contributed by atoms with Gasteiger partial charge in [-0.3, -0.25) is 0 Å². The summed E-state index contributed by atoms with van der Waals surface area (Å²) in [5.74, 6) is 0.320. The molecule has 184 valence electrons. The van der Waals surface area contributed by atoms with E-state index in [1.165, 1.54) is 30.5 Å². The van der Waals surface area contributed by atoms with Gasteiger partial charge in [-0.1, -0.05) is 48.0 Å². The molecule has 0 radical (unpaired) electrons. The number of hydrogen-bond donors (Lipinski definition) is 0. The highest BCUT2D eigenvalue weighted by Crippen LogP contribution is 2.44. The number of anilines is 1. The predicted octanol–water partition coefficient (Wildman–Crippen LogP) is 6.64. The number of benzene rings is 3. The Morgan fingerprint density at radius 1 is 0.914 bits per heavy atom. The first-order valence-electron chi connectivity index (χ1n) is 11.6. The Morgan fingerprint density at radius 2 is 1.54 bits per heavy atom. The quantitative estimate of drug-likeness (QED) is 0.290. The van der Waals surface area contributed by atoms with Crippen molar-refractivity contribution in [3.05, 3.63) is 94.5 Å². The van der Waals surface area contributed by atoms with Gasteiger partial charge >= 0.3 is 15.6 Å². The van der Waals surface area contributed by atoms with Crippen LogP contribution in [-0.2, 0) is 16.5 Å². The van der Waals surface area contributed by atoms with Gasteiger partial charge in [0.25, 0.3) is 0 Å². The second-order valence-corrected chi connectivity index (χ2v) is 11.0. The number of rotatable bonds is 5. The second-order valence-electron chi connectivity index (χ2n) is 9.48.